The van der Waals surface area contributed by atoms with Gasteiger partial charge in [-0.2, -0.15) is 0 Å². The molecule has 0 unspecified atom stereocenters. The number of benzene rings is 2. The van der Waals surface area contributed by atoms with Crippen molar-refractivity contribution in [3.8, 4) is 5.75 Å². The van der Waals surface area contributed by atoms with Crippen LogP contribution in [0.15, 0.2) is 42.5 Å². The summed E-state index contributed by atoms with van der Waals surface area (Å²) in [6.45, 7) is 2.44. The Morgan fingerprint density at radius 3 is 2.67 bits per heavy atom. The minimum absolute atomic E-state index is 0.158. The van der Waals surface area contributed by atoms with Crippen LogP contribution < -0.4 is 15.0 Å². The van der Waals surface area contributed by atoms with Gasteiger partial charge in [0.05, 0.1) is 17.5 Å². The highest BCUT2D eigenvalue weighted by atomic mass is 32.1. The van der Waals surface area contributed by atoms with E-state index in [-0.39, 0.29) is 11.8 Å². The van der Waals surface area contributed by atoms with Crippen molar-refractivity contribution in [3.63, 3.8) is 0 Å². The smallest absolute Gasteiger partial charge is 0.322 e. The number of piperazine rings is 1. The summed E-state index contributed by atoms with van der Waals surface area (Å²) in [6, 6.07) is 12.1. The van der Waals surface area contributed by atoms with E-state index in [9.17, 15) is 9.18 Å². The molecule has 0 bridgehead atoms. The third-order valence-corrected chi connectivity index (χ3v) is 5.63. The minimum Gasteiger partial charge on any atom is -0.495 e. The summed E-state index contributed by atoms with van der Waals surface area (Å²) in [6.07, 6.45) is 0. The predicted molar refractivity (Wildman–Crippen MR) is 105 cm³/mol. The van der Waals surface area contributed by atoms with E-state index in [0.29, 0.717) is 43.1 Å². The highest BCUT2D eigenvalue weighted by Crippen LogP contribution is 2.31. The number of hydrogen-bond acceptors (Lipinski definition) is 5. The normalized spacial score (nSPS) is 14.4. The molecule has 1 fully saturated rings. The quantitative estimate of drug-likeness (QED) is 0.744. The summed E-state index contributed by atoms with van der Waals surface area (Å²) >= 11 is 1.47. The lowest BCUT2D eigenvalue weighted by Gasteiger charge is -2.34. The van der Waals surface area contributed by atoms with Crippen LogP contribution in [-0.2, 0) is 0 Å². The van der Waals surface area contributed by atoms with E-state index in [1.807, 2.05) is 24.3 Å². The van der Waals surface area contributed by atoms with Gasteiger partial charge >= 0.3 is 6.03 Å². The molecule has 2 heterocycles. The molecule has 140 valence electrons. The molecule has 0 radical (unpaired) electrons. The summed E-state index contributed by atoms with van der Waals surface area (Å²) in [4.78, 5) is 20.8. The predicted octanol–water partition coefficient (Wildman–Crippen LogP) is 3.80. The molecule has 8 heteroatoms. The molecular formula is C19H19FN4O2S. The molecule has 1 aliphatic heterocycles. The number of nitrogens with one attached hydrogen (secondary N) is 1. The Morgan fingerprint density at radius 1 is 1.15 bits per heavy atom. The van der Waals surface area contributed by atoms with Crippen LogP contribution in [0.4, 0.5) is 20.0 Å². The lowest BCUT2D eigenvalue weighted by atomic mass is 10.3. The van der Waals surface area contributed by atoms with Crippen molar-refractivity contribution in [1.29, 1.82) is 0 Å². The molecule has 0 aliphatic carbocycles. The van der Waals surface area contributed by atoms with Gasteiger partial charge in [-0.05, 0) is 24.3 Å². The van der Waals surface area contributed by atoms with Crippen LogP contribution in [0, 0.1) is 5.82 Å². The topological polar surface area (TPSA) is 57.7 Å². The maximum Gasteiger partial charge on any atom is 0.322 e. The van der Waals surface area contributed by atoms with Gasteiger partial charge in [-0.1, -0.05) is 29.5 Å². The fourth-order valence-corrected chi connectivity index (χ4v) is 4.11. The number of anilines is 2. The average Bonchev–Trinajstić information content (AvgIpc) is 3.14. The van der Waals surface area contributed by atoms with E-state index >= 15 is 0 Å². The van der Waals surface area contributed by atoms with Gasteiger partial charge < -0.3 is 19.9 Å². The fourth-order valence-electron chi connectivity index (χ4n) is 3.08. The highest BCUT2D eigenvalue weighted by molar-refractivity contribution is 7.22. The van der Waals surface area contributed by atoms with Gasteiger partial charge in [0.25, 0.3) is 0 Å². The van der Waals surface area contributed by atoms with Crippen molar-refractivity contribution < 1.29 is 13.9 Å². The number of aromatic nitrogens is 1. The second-order valence-electron chi connectivity index (χ2n) is 6.19. The molecule has 1 aliphatic rings. The summed E-state index contributed by atoms with van der Waals surface area (Å²) in [5.74, 6) is 0.325. The number of carbonyl (C=O) groups excluding carboxylic acids is 1. The summed E-state index contributed by atoms with van der Waals surface area (Å²) < 4.78 is 20.0. The van der Waals surface area contributed by atoms with Crippen LogP contribution in [-0.4, -0.2) is 49.2 Å². The van der Waals surface area contributed by atoms with E-state index in [1.54, 1.807) is 24.1 Å². The fraction of sp³-hybridized carbons (Fsp3) is 0.263. The SMILES string of the molecule is COc1ccccc1NC(=O)N1CCN(c2nc3c(F)cccc3s2)CC1. The Labute approximate surface area is 160 Å². The molecule has 0 atom stereocenters. The van der Waals surface area contributed by atoms with Crippen LogP contribution >= 0.6 is 11.3 Å². The van der Waals surface area contributed by atoms with Gasteiger partial charge in [-0.3, -0.25) is 0 Å². The van der Waals surface area contributed by atoms with Crippen molar-refractivity contribution in [2.24, 2.45) is 0 Å². The third-order valence-electron chi connectivity index (χ3n) is 4.54. The molecule has 6 nitrogen and oxygen atoms in total. The van der Waals surface area contributed by atoms with Crippen molar-refractivity contribution in [1.82, 2.24) is 9.88 Å². The Bertz CT molecular complexity index is 969. The zero-order chi connectivity index (χ0) is 18.8. The second kappa shape index (κ2) is 7.40. The number of fused-ring (bicyclic) bond motifs is 1. The van der Waals surface area contributed by atoms with E-state index in [4.69, 9.17) is 4.74 Å². The molecule has 2 aromatic carbocycles. The number of hydrogen-bond donors (Lipinski definition) is 1. The Hall–Kier alpha value is -2.87. The van der Waals surface area contributed by atoms with Gasteiger partial charge in [-0.15, -0.1) is 0 Å². The van der Waals surface area contributed by atoms with E-state index in [1.165, 1.54) is 17.4 Å². The van der Waals surface area contributed by atoms with Crippen molar-refractivity contribution >= 4 is 38.4 Å². The Morgan fingerprint density at radius 2 is 1.93 bits per heavy atom. The summed E-state index contributed by atoms with van der Waals surface area (Å²) in [5.41, 5.74) is 1.06. The molecule has 1 saturated heterocycles. The maximum absolute atomic E-state index is 13.9. The largest absolute Gasteiger partial charge is 0.495 e. The number of methoxy groups -OCH3 is 1. The summed E-state index contributed by atoms with van der Waals surface area (Å²) in [7, 11) is 1.57. The monoisotopic (exact) mass is 386 g/mol. The number of thiazole rings is 1. The van der Waals surface area contributed by atoms with Crippen LogP contribution in [0.1, 0.15) is 0 Å². The lowest BCUT2D eigenvalue weighted by Crippen LogP contribution is -2.50. The zero-order valence-electron chi connectivity index (χ0n) is 14.8. The van der Waals surface area contributed by atoms with E-state index in [0.717, 1.165) is 9.83 Å². The number of urea groups is 1. The Kier molecular flexibility index (Phi) is 4.81. The first-order valence-electron chi connectivity index (χ1n) is 8.64. The number of ether oxygens (including phenoxy) is 1. The maximum atomic E-state index is 13.9. The first-order valence-corrected chi connectivity index (χ1v) is 9.46. The van der Waals surface area contributed by atoms with Crippen molar-refractivity contribution in [2.45, 2.75) is 0 Å². The van der Waals surface area contributed by atoms with Gasteiger partial charge in [0.15, 0.2) is 5.13 Å². The molecule has 3 aromatic rings. The van der Waals surface area contributed by atoms with Gasteiger partial charge in [-0.25, -0.2) is 14.2 Å². The molecular weight excluding hydrogens is 367 g/mol. The van der Waals surface area contributed by atoms with Crippen molar-refractivity contribution in [3.05, 3.63) is 48.3 Å². The van der Waals surface area contributed by atoms with Crippen molar-refractivity contribution in [2.75, 3.05) is 43.5 Å². The molecule has 0 saturated carbocycles. The third kappa shape index (κ3) is 3.52. The molecule has 1 aromatic heterocycles. The second-order valence-corrected chi connectivity index (χ2v) is 7.20. The zero-order valence-corrected chi connectivity index (χ0v) is 15.6. The lowest BCUT2D eigenvalue weighted by molar-refractivity contribution is 0.208. The van der Waals surface area contributed by atoms with Crippen LogP contribution in [0.2, 0.25) is 0 Å². The number of para-hydroxylation sites is 3. The van der Waals surface area contributed by atoms with Gasteiger partial charge in [0.1, 0.15) is 17.1 Å². The molecule has 27 heavy (non-hydrogen) atoms. The number of rotatable bonds is 3. The van der Waals surface area contributed by atoms with Crippen LogP contribution in [0.3, 0.4) is 0 Å². The van der Waals surface area contributed by atoms with E-state index in [2.05, 4.69) is 15.2 Å². The number of carbonyl (C=O) groups is 1. The number of halogens is 1. The van der Waals surface area contributed by atoms with Crippen LogP contribution in [0.5, 0.6) is 5.75 Å². The molecule has 4 rings (SSSR count). The van der Waals surface area contributed by atoms with Gasteiger partial charge in [0, 0.05) is 26.2 Å². The minimum atomic E-state index is -0.301. The molecule has 2 amide bonds. The first-order chi connectivity index (χ1) is 13.2. The van der Waals surface area contributed by atoms with Crippen LogP contribution in [0.25, 0.3) is 10.2 Å². The average molecular weight is 386 g/mol. The number of nitrogens with zero attached hydrogens (tertiary/aromatic N) is 3. The molecule has 0 spiro atoms. The standard InChI is InChI=1S/C19H19FN4O2S/c1-26-15-7-3-2-6-14(15)21-18(25)23-9-11-24(12-10-23)19-22-17-13(20)5-4-8-16(17)27-19/h2-8H,9-12H2,1H3,(H,21,25). The van der Waals surface area contributed by atoms with E-state index < -0.39 is 0 Å². The Balaban J connectivity index is 1.40. The van der Waals surface area contributed by atoms with Gasteiger partial charge in [0.2, 0.25) is 0 Å². The highest BCUT2D eigenvalue weighted by Gasteiger charge is 2.24. The number of amides is 2. The first kappa shape index (κ1) is 17.5. The summed E-state index contributed by atoms with van der Waals surface area (Å²) in [5, 5.41) is 3.69. The molecule has 1 N–H and O–H groups in total.